The van der Waals surface area contributed by atoms with E-state index in [1.807, 2.05) is 24.3 Å². The van der Waals surface area contributed by atoms with Gasteiger partial charge in [-0.05, 0) is 54.4 Å². The van der Waals surface area contributed by atoms with E-state index in [0.717, 1.165) is 11.3 Å². The van der Waals surface area contributed by atoms with E-state index in [1.165, 1.54) is 34.8 Å². The molecule has 4 rings (SSSR count). The van der Waals surface area contributed by atoms with Crippen molar-refractivity contribution in [2.45, 2.75) is 17.9 Å². The summed E-state index contributed by atoms with van der Waals surface area (Å²) >= 11 is 0. The minimum absolute atomic E-state index is 0.168. The number of furan rings is 1. The Labute approximate surface area is 157 Å². The highest BCUT2D eigenvalue weighted by molar-refractivity contribution is 7.92. The zero-order valence-corrected chi connectivity index (χ0v) is 15.3. The monoisotopic (exact) mass is 382 g/mol. The van der Waals surface area contributed by atoms with Crippen molar-refractivity contribution in [2.24, 2.45) is 0 Å². The van der Waals surface area contributed by atoms with Crippen molar-refractivity contribution < 1.29 is 17.6 Å². The Morgan fingerprint density at radius 2 is 1.81 bits per heavy atom. The van der Waals surface area contributed by atoms with Crippen LogP contribution in [0.4, 0.5) is 5.69 Å². The number of nitrogens with one attached hydrogen (secondary N) is 1. The van der Waals surface area contributed by atoms with Gasteiger partial charge in [-0.3, -0.25) is 9.10 Å². The van der Waals surface area contributed by atoms with Crippen LogP contribution in [0.25, 0.3) is 0 Å². The number of para-hydroxylation sites is 1. The molecule has 1 aromatic heterocycles. The second kappa shape index (κ2) is 6.92. The Morgan fingerprint density at radius 3 is 2.56 bits per heavy atom. The van der Waals surface area contributed by atoms with Gasteiger partial charge in [-0.15, -0.1) is 0 Å². The van der Waals surface area contributed by atoms with Gasteiger partial charge in [0.25, 0.3) is 15.9 Å². The van der Waals surface area contributed by atoms with Crippen molar-refractivity contribution in [3.8, 4) is 0 Å². The molecule has 0 bridgehead atoms. The van der Waals surface area contributed by atoms with Gasteiger partial charge in [-0.1, -0.05) is 18.2 Å². The van der Waals surface area contributed by atoms with E-state index in [0.29, 0.717) is 24.3 Å². The number of sulfonamides is 1. The summed E-state index contributed by atoms with van der Waals surface area (Å²) < 4.78 is 32.5. The van der Waals surface area contributed by atoms with Gasteiger partial charge < -0.3 is 9.73 Å². The average molecular weight is 382 g/mol. The summed E-state index contributed by atoms with van der Waals surface area (Å²) in [7, 11) is -3.66. The summed E-state index contributed by atoms with van der Waals surface area (Å²) in [5.41, 5.74) is 2.13. The molecule has 0 spiro atoms. The van der Waals surface area contributed by atoms with Gasteiger partial charge in [-0.25, -0.2) is 8.42 Å². The molecule has 138 valence electrons. The largest absolute Gasteiger partial charge is 0.467 e. The summed E-state index contributed by atoms with van der Waals surface area (Å²) in [5.74, 6) is 0.358. The van der Waals surface area contributed by atoms with Crippen molar-refractivity contribution >= 4 is 21.6 Å². The lowest BCUT2D eigenvalue weighted by atomic mass is 10.2. The van der Waals surface area contributed by atoms with Crippen LogP contribution in [0.1, 0.15) is 21.7 Å². The third-order valence-electron chi connectivity index (χ3n) is 4.55. The number of hydrogen-bond donors (Lipinski definition) is 1. The summed E-state index contributed by atoms with van der Waals surface area (Å²) in [6, 6.07) is 17.0. The second-order valence-electron chi connectivity index (χ2n) is 6.24. The van der Waals surface area contributed by atoms with Crippen molar-refractivity contribution in [1.29, 1.82) is 0 Å². The van der Waals surface area contributed by atoms with Crippen LogP contribution < -0.4 is 9.62 Å². The molecule has 0 saturated carbocycles. The standard InChI is InChI=1S/C20H18N2O4S/c23-20(21-14-17-5-3-13-26-17)16-7-9-18(10-8-16)27(24,25)22-12-11-15-4-1-2-6-19(15)22/h1-10,13H,11-12,14H2,(H,21,23). The van der Waals surface area contributed by atoms with Crippen molar-refractivity contribution in [3.05, 3.63) is 83.8 Å². The summed E-state index contributed by atoms with van der Waals surface area (Å²) in [5, 5.41) is 2.74. The quantitative estimate of drug-likeness (QED) is 0.736. The Kier molecular flexibility index (Phi) is 4.45. The Morgan fingerprint density at radius 1 is 1.04 bits per heavy atom. The number of carbonyl (C=O) groups is 1. The zero-order valence-electron chi connectivity index (χ0n) is 14.5. The van der Waals surface area contributed by atoms with Crippen LogP contribution in [-0.4, -0.2) is 20.9 Å². The van der Waals surface area contributed by atoms with Crippen LogP contribution in [-0.2, 0) is 23.0 Å². The van der Waals surface area contributed by atoms with E-state index in [4.69, 9.17) is 4.42 Å². The van der Waals surface area contributed by atoms with Gasteiger partial charge in [0.05, 0.1) is 23.4 Å². The summed E-state index contributed by atoms with van der Waals surface area (Å²) in [6.07, 6.45) is 2.24. The average Bonchev–Trinajstić information content (AvgIpc) is 3.36. The molecule has 0 atom stereocenters. The van der Waals surface area contributed by atoms with Crippen molar-refractivity contribution in [3.63, 3.8) is 0 Å². The maximum Gasteiger partial charge on any atom is 0.264 e. The lowest BCUT2D eigenvalue weighted by Crippen LogP contribution is -2.29. The lowest BCUT2D eigenvalue weighted by molar-refractivity contribution is 0.0948. The molecule has 0 unspecified atom stereocenters. The van der Waals surface area contributed by atoms with Gasteiger partial charge in [0.1, 0.15) is 5.76 Å². The minimum atomic E-state index is -3.66. The first-order valence-electron chi connectivity index (χ1n) is 8.57. The number of hydrogen-bond acceptors (Lipinski definition) is 4. The van der Waals surface area contributed by atoms with Crippen molar-refractivity contribution in [2.75, 3.05) is 10.8 Å². The Balaban J connectivity index is 1.51. The molecule has 1 aliphatic rings. The first-order chi connectivity index (χ1) is 13.1. The van der Waals surface area contributed by atoms with E-state index in [1.54, 1.807) is 12.1 Å². The number of carbonyl (C=O) groups excluding carboxylic acids is 1. The topological polar surface area (TPSA) is 79.6 Å². The molecule has 2 aromatic carbocycles. The number of amides is 1. The first-order valence-corrected chi connectivity index (χ1v) is 10.0. The molecule has 2 heterocycles. The molecule has 0 fully saturated rings. The van der Waals surface area contributed by atoms with Gasteiger partial charge in [0.15, 0.2) is 0 Å². The number of anilines is 1. The van der Waals surface area contributed by atoms with Crippen LogP contribution in [0.15, 0.2) is 76.2 Å². The number of rotatable bonds is 5. The highest BCUT2D eigenvalue weighted by atomic mass is 32.2. The van der Waals surface area contributed by atoms with Crippen LogP contribution in [0.3, 0.4) is 0 Å². The molecule has 27 heavy (non-hydrogen) atoms. The van der Waals surface area contributed by atoms with E-state index < -0.39 is 10.0 Å². The molecule has 3 aromatic rings. The predicted molar refractivity (Wildman–Crippen MR) is 101 cm³/mol. The number of nitrogens with zero attached hydrogens (tertiary/aromatic N) is 1. The van der Waals surface area contributed by atoms with E-state index in [-0.39, 0.29) is 17.3 Å². The maximum atomic E-state index is 13.0. The van der Waals surface area contributed by atoms with Gasteiger partial charge in [-0.2, -0.15) is 0 Å². The molecule has 0 radical (unpaired) electrons. The molecule has 1 amide bonds. The number of fused-ring (bicyclic) bond motifs is 1. The third kappa shape index (κ3) is 3.33. The fraction of sp³-hybridized carbons (Fsp3) is 0.150. The molecular formula is C20H18N2O4S. The molecule has 0 aliphatic carbocycles. The zero-order chi connectivity index (χ0) is 18.9. The molecule has 1 aliphatic heterocycles. The smallest absolute Gasteiger partial charge is 0.264 e. The second-order valence-corrected chi connectivity index (χ2v) is 8.10. The van der Waals surface area contributed by atoms with E-state index >= 15 is 0 Å². The number of benzene rings is 2. The molecular weight excluding hydrogens is 364 g/mol. The molecule has 6 nitrogen and oxygen atoms in total. The highest BCUT2D eigenvalue weighted by Crippen LogP contribution is 2.32. The van der Waals surface area contributed by atoms with Gasteiger partial charge >= 0.3 is 0 Å². The van der Waals surface area contributed by atoms with Crippen LogP contribution >= 0.6 is 0 Å². The summed E-state index contributed by atoms with van der Waals surface area (Å²) in [4.78, 5) is 12.4. The Bertz CT molecular complexity index is 1060. The van der Waals surface area contributed by atoms with Crippen LogP contribution in [0.5, 0.6) is 0 Å². The van der Waals surface area contributed by atoms with Crippen LogP contribution in [0.2, 0.25) is 0 Å². The Hall–Kier alpha value is -3.06. The molecule has 7 heteroatoms. The predicted octanol–water partition coefficient (Wildman–Crippen LogP) is 2.96. The highest BCUT2D eigenvalue weighted by Gasteiger charge is 2.30. The first kappa shape index (κ1) is 17.4. The lowest BCUT2D eigenvalue weighted by Gasteiger charge is -2.19. The van der Waals surface area contributed by atoms with Gasteiger partial charge in [0, 0.05) is 12.1 Å². The van der Waals surface area contributed by atoms with Crippen LogP contribution in [0, 0.1) is 0 Å². The maximum absolute atomic E-state index is 13.0. The third-order valence-corrected chi connectivity index (χ3v) is 6.38. The van der Waals surface area contributed by atoms with Gasteiger partial charge in [0.2, 0.25) is 0 Å². The normalized spacial score (nSPS) is 13.4. The summed E-state index contributed by atoms with van der Waals surface area (Å²) in [6.45, 7) is 0.698. The fourth-order valence-corrected chi connectivity index (χ4v) is 4.65. The SMILES string of the molecule is O=C(NCc1ccco1)c1ccc(S(=O)(=O)N2CCc3ccccc32)cc1. The van der Waals surface area contributed by atoms with Crippen molar-refractivity contribution in [1.82, 2.24) is 5.32 Å². The fourth-order valence-electron chi connectivity index (χ4n) is 3.15. The van der Waals surface area contributed by atoms with E-state index in [9.17, 15) is 13.2 Å². The minimum Gasteiger partial charge on any atom is -0.467 e. The molecule has 0 saturated heterocycles. The molecule has 1 N–H and O–H groups in total. The van der Waals surface area contributed by atoms with E-state index in [2.05, 4.69) is 5.32 Å².